The van der Waals surface area contributed by atoms with Crippen molar-refractivity contribution >= 4 is 16.7 Å². The van der Waals surface area contributed by atoms with Gasteiger partial charge in [-0.15, -0.1) is 0 Å². The lowest BCUT2D eigenvalue weighted by Gasteiger charge is -2.20. The van der Waals surface area contributed by atoms with Crippen LogP contribution in [-0.2, 0) is 11.0 Å². The summed E-state index contributed by atoms with van der Waals surface area (Å²) in [6.07, 6.45) is 0. The maximum Gasteiger partial charge on any atom is 0.202 e. The summed E-state index contributed by atoms with van der Waals surface area (Å²) < 4.78 is 9.80. The minimum atomic E-state index is -1.08. The predicted molar refractivity (Wildman–Crippen MR) is 80.1 cm³/mol. The lowest BCUT2D eigenvalue weighted by atomic mass is 9.96. The molecule has 2 rings (SSSR count). The van der Waals surface area contributed by atoms with Crippen LogP contribution in [0.5, 0.6) is 0 Å². The summed E-state index contributed by atoms with van der Waals surface area (Å²) in [5.74, 6) is 2.13. The van der Waals surface area contributed by atoms with Gasteiger partial charge in [-0.2, -0.15) is 4.37 Å². The molecule has 2 heterocycles. The summed E-state index contributed by atoms with van der Waals surface area (Å²) in [5, 5.41) is 14.3. The Morgan fingerprint density at radius 2 is 2.00 bits per heavy atom. The molecule has 0 fully saturated rings. The number of aryl methyl sites for hydroxylation is 1. The van der Waals surface area contributed by atoms with E-state index in [4.69, 9.17) is 4.42 Å². The molecule has 0 radical (unpaired) electrons. The Morgan fingerprint density at radius 3 is 2.50 bits per heavy atom. The van der Waals surface area contributed by atoms with E-state index in [0.717, 1.165) is 11.6 Å². The van der Waals surface area contributed by atoms with Gasteiger partial charge in [-0.1, -0.05) is 20.8 Å². The predicted octanol–water partition coefficient (Wildman–Crippen LogP) is 3.06. The zero-order chi connectivity index (χ0) is 15.0. The fraction of sp³-hybridized carbons (Fsp3) is 0.571. The molecule has 2 aromatic rings. The zero-order valence-corrected chi connectivity index (χ0v) is 13.3. The number of hydrogen-bond donors (Lipinski definition) is 2. The Bertz CT molecular complexity index is 581. The summed E-state index contributed by atoms with van der Waals surface area (Å²) in [4.78, 5) is 4.44. The third-order valence-electron chi connectivity index (χ3n) is 2.95. The number of anilines is 1. The van der Waals surface area contributed by atoms with Crippen LogP contribution >= 0.6 is 11.5 Å². The molecule has 1 atom stereocenters. The van der Waals surface area contributed by atoms with Crippen LogP contribution < -0.4 is 5.32 Å². The molecular weight excluding hydrogens is 274 g/mol. The highest BCUT2D eigenvalue weighted by Crippen LogP contribution is 2.26. The summed E-state index contributed by atoms with van der Waals surface area (Å²) in [5.41, 5.74) is -1.15. The zero-order valence-electron chi connectivity index (χ0n) is 12.5. The summed E-state index contributed by atoms with van der Waals surface area (Å²) in [7, 11) is 0. The maximum atomic E-state index is 10.4. The van der Waals surface area contributed by atoms with E-state index >= 15 is 0 Å². The van der Waals surface area contributed by atoms with Crippen molar-refractivity contribution < 1.29 is 9.52 Å². The van der Waals surface area contributed by atoms with Gasteiger partial charge in [-0.3, -0.25) is 0 Å². The number of hydrogen-bond acceptors (Lipinski definition) is 6. The normalized spacial score (nSPS) is 15.1. The van der Waals surface area contributed by atoms with E-state index in [1.54, 1.807) is 13.0 Å². The molecule has 110 valence electrons. The van der Waals surface area contributed by atoms with Gasteiger partial charge in [0.05, 0.1) is 6.54 Å². The van der Waals surface area contributed by atoms with Gasteiger partial charge in [0, 0.05) is 16.9 Å². The van der Waals surface area contributed by atoms with E-state index in [2.05, 4.69) is 35.4 Å². The van der Waals surface area contributed by atoms with Crippen molar-refractivity contribution in [2.45, 2.75) is 45.6 Å². The number of aliphatic hydroxyl groups is 1. The first-order chi connectivity index (χ1) is 9.18. The third-order valence-corrected chi connectivity index (χ3v) is 3.62. The van der Waals surface area contributed by atoms with Crippen LogP contribution in [0.4, 0.5) is 5.13 Å². The van der Waals surface area contributed by atoms with Crippen molar-refractivity contribution in [1.29, 1.82) is 0 Å². The lowest BCUT2D eigenvalue weighted by Crippen LogP contribution is -2.30. The Labute approximate surface area is 123 Å². The molecule has 2 aromatic heterocycles. The molecule has 0 aliphatic rings. The van der Waals surface area contributed by atoms with Crippen LogP contribution in [0.2, 0.25) is 0 Å². The fourth-order valence-corrected chi connectivity index (χ4v) is 2.41. The van der Waals surface area contributed by atoms with Gasteiger partial charge < -0.3 is 14.8 Å². The highest BCUT2D eigenvalue weighted by Gasteiger charge is 2.27. The lowest BCUT2D eigenvalue weighted by molar-refractivity contribution is 0.0468. The molecule has 0 spiro atoms. The molecule has 20 heavy (non-hydrogen) atoms. The largest absolute Gasteiger partial charge is 0.463 e. The first-order valence-corrected chi connectivity index (χ1v) is 7.33. The van der Waals surface area contributed by atoms with E-state index in [9.17, 15) is 5.11 Å². The Kier molecular flexibility index (Phi) is 3.88. The molecule has 5 nitrogen and oxygen atoms in total. The van der Waals surface area contributed by atoms with Crippen molar-refractivity contribution in [1.82, 2.24) is 9.36 Å². The highest BCUT2D eigenvalue weighted by atomic mass is 32.1. The van der Waals surface area contributed by atoms with Crippen LogP contribution in [-0.4, -0.2) is 21.0 Å². The number of nitrogens with one attached hydrogen (secondary N) is 1. The summed E-state index contributed by atoms with van der Waals surface area (Å²) >= 11 is 1.30. The Hall–Kier alpha value is -1.40. The van der Waals surface area contributed by atoms with Crippen LogP contribution in [0.3, 0.4) is 0 Å². The third kappa shape index (κ3) is 3.37. The van der Waals surface area contributed by atoms with Crippen LogP contribution in [0.1, 0.15) is 45.0 Å². The number of aromatic nitrogens is 2. The SMILES string of the molecule is Cc1ccc(C(C)(O)CNc2nc(C(C)(C)C)ns2)o1. The van der Waals surface area contributed by atoms with Crippen LogP contribution in [0, 0.1) is 6.92 Å². The molecule has 0 bridgehead atoms. The molecule has 0 saturated heterocycles. The van der Waals surface area contributed by atoms with Crippen molar-refractivity contribution in [2.24, 2.45) is 0 Å². The Morgan fingerprint density at radius 1 is 1.30 bits per heavy atom. The number of furan rings is 1. The van der Waals surface area contributed by atoms with E-state index in [-0.39, 0.29) is 5.41 Å². The molecule has 1 unspecified atom stereocenters. The quantitative estimate of drug-likeness (QED) is 0.907. The molecule has 0 aliphatic carbocycles. The van der Waals surface area contributed by atoms with Crippen LogP contribution in [0.15, 0.2) is 16.5 Å². The minimum absolute atomic E-state index is 0.0723. The van der Waals surface area contributed by atoms with Gasteiger partial charge >= 0.3 is 0 Å². The van der Waals surface area contributed by atoms with E-state index < -0.39 is 5.60 Å². The molecule has 0 amide bonds. The molecule has 0 saturated carbocycles. The number of rotatable bonds is 4. The summed E-state index contributed by atoms with van der Waals surface area (Å²) in [6, 6.07) is 3.63. The maximum absolute atomic E-state index is 10.4. The second kappa shape index (κ2) is 5.18. The first-order valence-electron chi connectivity index (χ1n) is 6.56. The van der Waals surface area contributed by atoms with Gasteiger partial charge in [0.15, 0.2) is 0 Å². The Balaban J connectivity index is 2.03. The second-order valence-corrected chi connectivity index (χ2v) is 6.96. The molecular formula is C14H21N3O2S. The van der Waals surface area contributed by atoms with Crippen molar-refractivity contribution in [3.05, 3.63) is 29.5 Å². The molecule has 2 N–H and O–H groups in total. The average Bonchev–Trinajstić information content (AvgIpc) is 2.94. The first kappa shape index (κ1) is 15.0. The smallest absolute Gasteiger partial charge is 0.202 e. The molecule has 6 heteroatoms. The van der Waals surface area contributed by atoms with Gasteiger partial charge in [-0.05, 0) is 26.0 Å². The van der Waals surface area contributed by atoms with E-state index in [1.807, 2.05) is 13.0 Å². The minimum Gasteiger partial charge on any atom is -0.463 e. The summed E-state index contributed by atoms with van der Waals surface area (Å²) in [6.45, 7) is 10.1. The van der Waals surface area contributed by atoms with Gasteiger partial charge in [0.2, 0.25) is 5.13 Å². The molecule has 0 aliphatic heterocycles. The van der Waals surface area contributed by atoms with E-state index in [1.165, 1.54) is 11.5 Å². The van der Waals surface area contributed by atoms with Crippen LogP contribution in [0.25, 0.3) is 0 Å². The van der Waals surface area contributed by atoms with E-state index in [0.29, 0.717) is 17.4 Å². The van der Waals surface area contributed by atoms with Crippen molar-refractivity contribution in [3.8, 4) is 0 Å². The molecule has 0 aromatic carbocycles. The topological polar surface area (TPSA) is 71.2 Å². The van der Waals surface area contributed by atoms with Gasteiger partial charge in [0.25, 0.3) is 0 Å². The van der Waals surface area contributed by atoms with Crippen molar-refractivity contribution in [3.63, 3.8) is 0 Å². The second-order valence-electron chi connectivity index (χ2n) is 6.21. The fourth-order valence-electron chi connectivity index (χ4n) is 1.66. The average molecular weight is 295 g/mol. The standard InChI is InChI=1S/C14H21N3O2S/c1-9-6-7-10(19-9)14(5,18)8-15-12-16-11(17-20-12)13(2,3)4/h6-7,18H,8H2,1-5H3,(H,15,16,17). The number of nitrogens with zero attached hydrogens (tertiary/aromatic N) is 2. The van der Waals surface area contributed by atoms with Gasteiger partial charge in [-0.25, -0.2) is 4.98 Å². The highest BCUT2D eigenvalue weighted by molar-refractivity contribution is 7.09. The van der Waals surface area contributed by atoms with Gasteiger partial charge in [0.1, 0.15) is 22.9 Å². The monoisotopic (exact) mass is 295 g/mol. The van der Waals surface area contributed by atoms with Crippen molar-refractivity contribution in [2.75, 3.05) is 11.9 Å².